The van der Waals surface area contributed by atoms with Crippen LogP contribution in [-0.4, -0.2) is 17.3 Å². The Kier molecular flexibility index (Phi) is 3.24. The third-order valence-corrected chi connectivity index (χ3v) is 4.48. The number of halogens is 2. The molecule has 0 bridgehead atoms. The van der Waals surface area contributed by atoms with Crippen LogP contribution in [0.25, 0.3) is 0 Å². The van der Waals surface area contributed by atoms with Gasteiger partial charge in [0.2, 0.25) is 0 Å². The summed E-state index contributed by atoms with van der Waals surface area (Å²) in [6, 6.07) is 3.47. The van der Waals surface area contributed by atoms with Crippen LogP contribution in [0.1, 0.15) is 28.9 Å². The van der Waals surface area contributed by atoms with Crippen LogP contribution in [0.4, 0.5) is 0 Å². The number of thiophene rings is 1. The molecule has 5 heteroatoms. The van der Waals surface area contributed by atoms with E-state index in [0.29, 0.717) is 15.1 Å². The Morgan fingerprint density at radius 2 is 2.27 bits per heavy atom. The highest BCUT2D eigenvalue weighted by atomic mass is 35.5. The largest absolute Gasteiger partial charge is 0.345 e. The predicted octanol–water partition coefficient (Wildman–Crippen LogP) is 3.29. The molecule has 0 aliphatic heterocycles. The molecule has 1 amide bonds. The molecular formula is C10H11Cl2NOS. The Morgan fingerprint density at radius 3 is 2.67 bits per heavy atom. The molecule has 15 heavy (non-hydrogen) atoms. The van der Waals surface area contributed by atoms with Gasteiger partial charge in [0.05, 0.1) is 14.8 Å². The second kappa shape index (κ2) is 4.32. The van der Waals surface area contributed by atoms with E-state index in [9.17, 15) is 4.79 Å². The van der Waals surface area contributed by atoms with Crippen LogP contribution in [0.2, 0.25) is 4.34 Å². The van der Waals surface area contributed by atoms with Crippen LogP contribution in [0.5, 0.6) is 0 Å². The molecule has 0 spiro atoms. The molecule has 1 aromatic rings. The van der Waals surface area contributed by atoms with E-state index in [0.717, 1.165) is 19.3 Å². The van der Waals surface area contributed by atoms with E-state index in [4.69, 9.17) is 23.2 Å². The summed E-state index contributed by atoms with van der Waals surface area (Å²) in [5.41, 5.74) is -0.172. The zero-order chi connectivity index (χ0) is 10.9. The lowest BCUT2D eigenvalue weighted by molar-refractivity contribution is 0.0858. The molecular weight excluding hydrogens is 253 g/mol. The highest BCUT2D eigenvalue weighted by Gasteiger charge is 2.37. The van der Waals surface area contributed by atoms with Gasteiger partial charge in [0.25, 0.3) is 5.91 Å². The standard InChI is InChI=1S/C10H11Cl2NOS/c11-6-10(4-1-5-10)13-9(14)7-2-3-8(12)15-7/h2-3H,1,4-6H2,(H,13,14). The molecule has 1 heterocycles. The molecule has 1 fully saturated rings. The molecule has 1 N–H and O–H groups in total. The maximum Gasteiger partial charge on any atom is 0.261 e. The van der Waals surface area contributed by atoms with Crippen molar-refractivity contribution in [1.82, 2.24) is 5.32 Å². The van der Waals surface area contributed by atoms with E-state index in [1.165, 1.54) is 11.3 Å². The fourth-order valence-electron chi connectivity index (χ4n) is 1.63. The van der Waals surface area contributed by atoms with Gasteiger partial charge in [-0.3, -0.25) is 4.79 Å². The molecule has 1 saturated carbocycles. The monoisotopic (exact) mass is 263 g/mol. The lowest BCUT2D eigenvalue weighted by atomic mass is 9.78. The van der Waals surface area contributed by atoms with Gasteiger partial charge < -0.3 is 5.32 Å². The number of hydrogen-bond donors (Lipinski definition) is 1. The zero-order valence-corrected chi connectivity index (χ0v) is 10.4. The van der Waals surface area contributed by atoms with Gasteiger partial charge in [0.15, 0.2) is 0 Å². The normalized spacial score (nSPS) is 18.3. The van der Waals surface area contributed by atoms with Crippen molar-refractivity contribution in [2.24, 2.45) is 0 Å². The van der Waals surface area contributed by atoms with Gasteiger partial charge in [-0.25, -0.2) is 0 Å². The first-order valence-corrected chi connectivity index (χ1v) is 6.52. The highest BCUT2D eigenvalue weighted by Crippen LogP contribution is 2.33. The Bertz CT molecular complexity index is 368. The first-order chi connectivity index (χ1) is 7.15. The number of carbonyl (C=O) groups excluding carboxylic acids is 1. The summed E-state index contributed by atoms with van der Waals surface area (Å²) in [6.45, 7) is 0. The molecule has 82 valence electrons. The van der Waals surface area contributed by atoms with E-state index in [-0.39, 0.29) is 11.4 Å². The average Bonchev–Trinajstić information content (AvgIpc) is 2.58. The number of carbonyl (C=O) groups is 1. The topological polar surface area (TPSA) is 29.1 Å². The summed E-state index contributed by atoms with van der Waals surface area (Å²) in [5, 5.41) is 2.99. The van der Waals surface area contributed by atoms with Crippen LogP contribution < -0.4 is 5.32 Å². The minimum Gasteiger partial charge on any atom is -0.345 e. The Labute approximate surface area is 103 Å². The maximum atomic E-state index is 11.8. The lowest BCUT2D eigenvalue weighted by Crippen LogP contribution is -2.54. The van der Waals surface area contributed by atoms with Crippen LogP contribution in [-0.2, 0) is 0 Å². The van der Waals surface area contributed by atoms with Gasteiger partial charge in [0.1, 0.15) is 0 Å². The Balaban J connectivity index is 2.03. The second-order valence-corrected chi connectivity index (χ2v) is 5.81. The fraction of sp³-hybridized carbons (Fsp3) is 0.500. The summed E-state index contributed by atoms with van der Waals surface area (Å²) < 4.78 is 0.633. The number of hydrogen-bond acceptors (Lipinski definition) is 2. The minimum absolute atomic E-state index is 0.0627. The SMILES string of the molecule is O=C(NC1(CCl)CCC1)c1ccc(Cl)s1. The number of nitrogens with one attached hydrogen (secondary N) is 1. The lowest BCUT2D eigenvalue weighted by Gasteiger charge is -2.40. The number of alkyl halides is 1. The predicted molar refractivity (Wildman–Crippen MR) is 64.1 cm³/mol. The summed E-state index contributed by atoms with van der Waals surface area (Å²) in [7, 11) is 0. The van der Waals surface area contributed by atoms with E-state index < -0.39 is 0 Å². The average molecular weight is 264 g/mol. The minimum atomic E-state index is -0.172. The van der Waals surface area contributed by atoms with Crippen molar-refractivity contribution in [2.75, 3.05) is 5.88 Å². The number of amides is 1. The van der Waals surface area contributed by atoms with Crippen molar-refractivity contribution < 1.29 is 4.79 Å². The van der Waals surface area contributed by atoms with Gasteiger partial charge in [-0.15, -0.1) is 22.9 Å². The van der Waals surface area contributed by atoms with Gasteiger partial charge in [0, 0.05) is 5.88 Å². The Morgan fingerprint density at radius 1 is 1.53 bits per heavy atom. The molecule has 1 aromatic heterocycles. The van der Waals surface area contributed by atoms with E-state index >= 15 is 0 Å². The molecule has 0 saturated heterocycles. The summed E-state index contributed by atoms with van der Waals surface area (Å²) in [4.78, 5) is 12.5. The quantitative estimate of drug-likeness (QED) is 0.834. The molecule has 2 nitrogen and oxygen atoms in total. The van der Waals surface area contributed by atoms with Crippen LogP contribution in [0.3, 0.4) is 0 Å². The third kappa shape index (κ3) is 2.30. The summed E-state index contributed by atoms with van der Waals surface area (Å²) >= 11 is 12.9. The zero-order valence-electron chi connectivity index (χ0n) is 8.06. The van der Waals surface area contributed by atoms with Crippen molar-refractivity contribution in [3.05, 3.63) is 21.3 Å². The molecule has 2 rings (SSSR count). The molecule has 0 radical (unpaired) electrons. The van der Waals surface area contributed by atoms with Gasteiger partial charge in [-0.05, 0) is 31.4 Å². The van der Waals surface area contributed by atoms with Crippen LogP contribution >= 0.6 is 34.5 Å². The smallest absolute Gasteiger partial charge is 0.261 e. The molecule has 1 aliphatic carbocycles. The number of rotatable bonds is 3. The third-order valence-electron chi connectivity index (χ3n) is 2.74. The summed E-state index contributed by atoms with van der Waals surface area (Å²) in [5.74, 6) is 0.421. The first kappa shape index (κ1) is 11.2. The van der Waals surface area contributed by atoms with Crippen molar-refractivity contribution >= 4 is 40.4 Å². The molecule has 0 aromatic carbocycles. The summed E-state index contributed by atoms with van der Waals surface area (Å²) in [6.07, 6.45) is 3.08. The fourth-order valence-corrected chi connectivity index (χ4v) is 2.91. The molecule has 0 atom stereocenters. The van der Waals surface area contributed by atoms with E-state index in [1.54, 1.807) is 12.1 Å². The van der Waals surface area contributed by atoms with Crippen molar-refractivity contribution in [3.8, 4) is 0 Å². The molecule has 0 unspecified atom stereocenters. The van der Waals surface area contributed by atoms with Crippen LogP contribution in [0.15, 0.2) is 12.1 Å². The van der Waals surface area contributed by atoms with Crippen molar-refractivity contribution in [1.29, 1.82) is 0 Å². The Hall–Kier alpha value is -0.250. The first-order valence-electron chi connectivity index (χ1n) is 4.79. The van der Waals surface area contributed by atoms with Crippen LogP contribution in [0, 0.1) is 0 Å². The second-order valence-electron chi connectivity index (χ2n) is 3.83. The van der Waals surface area contributed by atoms with Gasteiger partial charge >= 0.3 is 0 Å². The van der Waals surface area contributed by atoms with Gasteiger partial charge in [-0.1, -0.05) is 11.6 Å². The van der Waals surface area contributed by atoms with Crippen molar-refractivity contribution in [3.63, 3.8) is 0 Å². The van der Waals surface area contributed by atoms with E-state index in [1.807, 2.05) is 0 Å². The van der Waals surface area contributed by atoms with Crippen molar-refractivity contribution in [2.45, 2.75) is 24.8 Å². The van der Waals surface area contributed by atoms with E-state index in [2.05, 4.69) is 5.32 Å². The highest BCUT2D eigenvalue weighted by molar-refractivity contribution is 7.18. The maximum absolute atomic E-state index is 11.8. The molecule has 1 aliphatic rings. The van der Waals surface area contributed by atoms with Gasteiger partial charge in [-0.2, -0.15) is 0 Å².